The normalized spacial score (nSPS) is 31.2. The van der Waals surface area contributed by atoms with E-state index < -0.39 is 11.6 Å². The highest BCUT2D eigenvalue weighted by Gasteiger charge is 2.46. The summed E-state index contributed by atoms with van der Waals surface area (Å²) in [6.07, 6.45) is -0.118. The molecule has 1 nitrogen and oxygen atoms in total. The van der Waals surface area contributed by atoms with Crippen molar-refractivity contribution in [1.29, 1.82) is 0 Å². The third-order valence-corrected chi connectivity index (χ3v) is 3.06. The van der Waals surface area contributed by atoms with Crippen LogP contribution in [0.15, 0.2) is 24.3 Å². The summed E-state index contributed by atoms with van der Waals surface area (Å²) in [7, 11) is 0. The van der Waals surface area contributed by atoms with Crippen LogP contribution in [0, 0.1) is 5.82 Å². The van der Waals surface area contributed by atoms with Crippen molar-refractivity contribution in [2.24, 2.45) is 5.73 Å². The molecular formula is C11H13F2N. The smallest absolute Gasteiger partial charge is 0.127 e. The third kappa shape index (κ3) is 1.32. The molecule has 1 aromatic rings. The molecule has 76 valence electrons. The van der Waals surface area contributed by atoms with Crippen molar-refractivity contribution in [1.82, 2.24) is 0 Å². The van der Waals surface area contributed by atoms with E-state index in [2.05, 4.69) is 0 Å². The van der Waals surface area contributed by atoms with E-state index in [1.165, 1.54) is 6.07 Å². The predicted molar refractivity (Wildman–Crippen MR) is 51.3 cm³/mol. The second kappa shape index (κ2) is 3.31. The molecule has 0 radical (unpaired) electrons. The Morgan fingerprint density at radius 1 is 1.36 bits per heavy atom. The van der Waals surface area contributed by atoms with Crippen LogP contribution in [-0.2, 0) is 5.41 Å². The standard InChI is InChI=1S/C11H13F2N/c12-8-5-11(6-8,7-14)9-3-1-2-4-10(9)13/h1-4,8H,5-7,14H2. The lowest BCUT2D eigenvalue weighted by atomic mass is 9.63. The van der Waals surface area contributed by atoms with Crippen LogP contribution in [-0.4, -0.2) is 12.7 Å². The summed E-state index contributed by atoms with van der Waals surface area (Å²) >= 11 is 0. The second-order valence-electron chi connectivity index (χ2n) is 3.97. The molecule has 1 saturated carbocycles. The van der Waals surface area contributed by atoms with Crippen LogP contribution in [0.3, 0.4) is 0 Å². The summed E-state index contributed by atoms with van der Waals surface area (Å²) < 4.78 is 26.3. The Morgan fingerprint density at radius 2 is 2.00 bits per heavy atom. The number of alkyl halides is 1. The minimum atomic E-state index is -0.821. The van der Waals surface area contributed by atoms with Crippen molar-refractivity contribution < 1.29 is 8.78 Å². The van der Waals surface area contributed by atoms with Crippen molar-refractivity contribution in [3.05, 3.63) is 35.6 Å². The van der Waals surface area contributed by atoms with Gasteiger partial charge in [-0.25, -0.2) is 8.78 Å². The zero-order valence-corrected chi connectivity index (χ0v) is 7.84. The zero-order chi connectivity index (χ0) is 10.2. The summed E-state index contributed by atoms with van der Waals surface area (Å²) in [5.74, 6) is -0.273. The fraction of sp³-hybridized carbons (Fsp3) is 0.455. The molecular weight excluding hydrogens is 184 g/mol. The molecule has 2 N–H and O–H groups in total. The maximum Gasteiger partial charge on any atom is 0.127 e. The van der Waals surface area contributed by atoms with Crippen LogP contribution in [0.2, 0.25) is 0 Å². The number of rotatable bonds is 2. The van der Waals surface area contributed by atoms with Gasteiger partial charge in [0.1, 0.15) is 12.0 Å². The minimum Gasteiger partial charge on any atom is -0.330 e. The minimum absolute atomic E-state index is 0.273. The molecule has 1 aliphatic rings. The number of benzene rings is 1. The van der Waals surface area contributed by atoms with E-state index >= 15 is 0 Å². The van der Waals surface area contributed by atoms with Gasteiger partial charge in [0, 0.05) is 12.0 Å². The van der Waals surface area contributed by atoms with Crippen molar-refractivity contribution in [2.75, 3.05) is 6.54 Å². The van der Waals surface area contributed by atoms with E-state index in [0.29, 0.717) is 24.9 Å². The summed E-state index contributed by atoms with van der Waals surface area (Å²) in [6.45, 7) is 0.314. The maximum atomic E-state index is 13.4. The lowest BCUT2D eigenvalue weighted by molar-refractivity contribution is 0.0968. The zero-order valence-electron chi connectivity index (χ0n) is 7.84. The third-order valence-electron chi connectivity index (χ3n) is 3.06. The Bertz CT molecular complexity index is 332. The molecule has 3 heteroatoms. The monoisotopic (exact) mass is 197 g/mol. The van der Waals surface area contributed by atoms with E-state index in [9.17, 15) is 8.78 Å². The van der Waals surface area contributed by atoms with Gasteiger partial charge in [-0.2, -0.15) is 0 Å². The van der Waals surface area contributed by atoms with Gasteiger partial charge < -0.3 is 5.73 Å². The van der Waals surface area contributed by atoms with E-state index in [1.54, 1.807) is 18.2 Å². The topological polar surface area (TPSA) is 26.0 Å². The van der Waals surface area contributed by atoms with Crippen molar-refractivity contribution >= 4 is 0 Å². The van der Waals surface area contributed by atoms with Gasteiger partial charge in [0.05, 0.1) is 0 Å². The molecule has 0 aliphatic heterocycles. The van der Waals surface area contributed by atoms with Crippen LogP contribution >= 0.6 is 0 Å². The van der Waals surface area contributed by atoms with E-state index in [0.717, 1.165) is 0 Å². The van der Waals surface area contributed by atoms with Crippen molar-refractivity contribution in [3.63, 3.8) is 0 Å². The molecule has 0 atom stereocenters. The predicted octanol–water partition coefficient (Wildman–Crippen LogP) is 2.15. The van der Waals surface area contributed by atoms with Gasteiger partial charge in [0.15, 0.2) is 0 Å². The highest BCUT2D eigenvalue weighted by Crippen LogP contribution is 2.45. The molecule has 0 amide bonds. The molecule has 1 aliphatic carbocycles. The Balaban J connectivity index is 2.34. The van der Waals surface area contributed by atoms with Gasteiger partial charge in [-0.05, 0) is 24.5 Å². The average molecular weight is 197 g/mol. The van der Waals surface area contributed by atoms with Gasteiger partial charge in [-0.3, -0.25) is 0 Å². The Hall–Kier alpha value is -0.960. The summed E-state index contributed by atoms with van der Waals surface area (Å²) in [4.78, 5) is 0. The maximum absolute atomic E-state index is 13.4. The molecule has 0 saturated heterocycles. The highest BCUT2D eigenvalue weighted by atomic mass is 19.1. The number of hydrogen-bond donors (Lipinski definition) is 1. The van der Waals surface area contributed by atoms with Crippen LogP contribution in [0.1, 0.15) is 18.4 Å². The number of hydrogen-bond acceptors (Lipinski definition) is 1. The first-order chi connectivity index (χ1) is 6.68. The number of halogens is 2. The SMILES string of the molecule is NCC1(c2ccccc2F)CC(F)C1. The Morgan fingerprint density at radius 3 is 2.50 bits per heavy atom. The van der Waals surface area contributed by atoms with Crippen LogP contribution in [0.4, 0.5) is 8.78 Å². The molecule has 1 aromatic carbocycles. The lowest BCUT2D eigenvalue weighted by Gasteiger charge is -2.44. The first-order valence-electron chi connectivity index (χ1n) is 4.77. The van der Waals surface area contributed by atoms with Crippen molar-refractivity contribution in [2.45, 2.75) is 24.4 Å². The van der Waals surface area contributed by atoms with Gasteiger partial charge in [0.2, 0.25) is 0 Å². The van der Waals surface area contributed by atoms with Gasteiger partial charge >= 0.3 is 0 Å². The molecule has 2 rings (SSSR count). The van der Waals surface area contributed by atoms with E-state index in [-0.39, 0.29) is 5.82 Å². The molecule has 14 heavy (non-hydrogen) atoms. The summed E-state index contributed by atoms with van der Waals surface area (Å²) in [5.41, 5.74) is 5.71. The first kappa shape index (κ1) is 9.59. The van der Waals surface area contributed by atoms with Crippen LogP contribution in [0.5, 0.6) is 0 Å². The Labute approximate surface area is 81.9 Å². The van der Waals surface area contributed by atoms with Crippen LogP contribution < -0.4 is 5.73 Å². The van der Waals surface area contributed by atoms with Crippen LogP contribution in [0.25, 0.3) is 0 Å². The van der Waals surface area contributed by atoms with Gasteiger partial charge in [0.25, 0.3) is 0 Å². The molecule has 0 bridgehead atoms. The molecule has 1 fully saturated rings. The second-order valence-corrected chi connectivity index (χ2v) is 3.97. The summed E-state index contributed by atoms with van der Waals surface area (Å²) in [6, 6.07) is 6.50. The number of nitrogens with two attached hydrogens (primary N) is 1. The first-order valence-corrected chi connectivity index (χ1v) is 4.77. The average Bonchev–Trinajstić information content (AvgIpc) is 2.14. The van der Waals surface area contributed by atoms with Crippen molar-refractivity contribution in [3.8, 4) is 0 Å². The molecule has 0 heterocycles. The van der Waals surface area contributed by atoms with E-state index in [4.69, 9.17) is 5.73 Å². The summed E-state index contributed by atoms with van der Waals surface area (Å²) in [5, 5.41) is 0. The fourth-order valence-electron chi connectivity index (χ4n) is 2.18. The molecule has 0 aromatic heterocycles. The molecule has 0 unspecified atom stereocenters. The highest BCUT2D eigenvalue weighted by molar-refractivity contribution is 5.31. The largest absolute Gasteiger partial charge is 0.330 e. The molecule has 0 spiro atoms. The van der Waals surface area contributed by atoms with Gasteiger partial charge in [-0.15, -0.1) is 0 Å². The lowest BCUT2D eigenvalue weighted by Crippen LogP contribution is -2.48. The van der Waals surface area contributed by atoms with Gasteiger partial charge in [-0.1, -0.05) is 18.2 Å². The quantitative estimate of drug-likeness (QED) is 0.772. The fourth-order valence-corrected chi connectivity index (χ4v) is 2.18. The Kier molecular flexibility index (Phi) is 2.27. The van der Waals surface area contributed by atoms with E-state index in [1.807, 2.05) is 0 Å².